The van der Waals surface area contributed by atoms with Gasteiger partial charge in [0.15, 0.2) is 0 Å². The molecule has 1 fully saturated rings. The summed E-state index contributed by atoms with van der Waals surface area (Å²) in [6, 6.07) is 9.05. The van der Waals surface area contributed by atoms with Crippen molar-refractivity contribution in [2.24, 2.45) is 0 Å². The first-order chi connectivity index (χ1) is 8.25. The molecule has 0 amide bonds. The number of nitrogens with two attached hydrogens (primary N) is 1. The molecule has 0 atom stereocenters. The van der Waals surface area contributed by atoms with Gasteiger partial charge < -0.3 is 5.73 Å². The first-order valence-corrected chi connectivity index (χ1v) is 6.80. The maximum Gasteiger partial charge on any atom is 0.0314 e. The lowest BCUT2D eigenvalue weighted by atomic mass is 10.1. The summed E-state index contributed by atoms with van der Waals surface area (Å²) in [5.74, 6) is 0. The molecule has 2 nitrogen and oxygen atoms in total. The second-order valence-electron chi connectivity index (χ2n) is 5.30. The van der Waals surface area contributed by atoms with E-state index >= 15 is 0 Å². The summed E-state index contributed by atoms with van der Waals surface area (Å²) >= 11 is 0. The Morgan fingerprint density at radius 1 is 1.06 bits per heavy atom. The van der Waals surface area contributed by atoms with Gasteiger partial charge >= 0.3 is 0 Å². The highest BCUT2D eigenvalue weighted by molar-refractivity contribution is 5.39. The molecule has 1 saturated carbocycles. The average Bonchev–Trinajstić information content (AvgIpc) is 2.61. The number of anilines is 1. The molecule has 0 aliphatic heterocycles. The van der Waals surface area contributed by atoms with Crippen molar-refractivity contribution in [1.29, 1.82) is 0 Å². The largest absolute Gasteiger partial charge is 0.399 e. The van der Waals surface area contributed by atoms with E-state index in [1.165, 1.54) is 44.1 Å². The Hall–Kier alpha value is -1.02. The molecule has 94 valence electrons. The Bertz CT molecular complexity index is 323. The molecule has 2 heteroatoms. The molecule has 2 rings (SSSR count). The zero-order valence-corrected chi connectivity index (χ0v) is 10.9. The monoisotopic (exact) mass is 232 g/mol. The zero-order valence-electron chi connectivity index (χ0n) is 10.9. The topological polar surface area (TPSA) is 29.3 Å². The van der Waals surface area contributed by atoms with Crippen LogP contribution < -0.4 is 5.73 Å². The summed E-state index contributed by atoms with van der Waals surface area (Å²) in [5.41, 5.74) is 7.93. The van der Waals surface area contributed by atoms with Crippen molar-refractivity contribution >= 4 is 5.69 Å². The van der Waals surface area contributed by atoms with Crippen LogP contribution in [0.1, 0.15) is 44.1 Å². The number of nitrogens with zero attached hydrogens (tertiary/aromatic N) is 1. The molecule has 0 aromatic heterocycles. The zero-order chi connectivity index (χ0) is 12.1. The summed E-state index contributed by atoms with van der Waals surface area (Å²) in [4.78, 5) is 2.51. The van der Waals surface area contributed by atoms with E-state index in [9.17, 15) is 0 Å². The molecule has 0 radical (unpaired) electrons. The van der Waals surface area contributed by atoms with Crippen LogP contribution in [0.2, 0.25) is 0 Å². The van der Waals surface area contributed by atoms with Gasteiger partial charge in [-0.3, -0.25) is 4.90 Å². The average molecular weight is 232 g/mol. The van der Waals surface area contributed by atoms with Crippen LogP contribution in [0.3, 0.4) is 0 Å². The van der Waals surface area contributed by atoms with Gasteiger partial charge in [-0.2, -0.15) is 0 Å². The van der Waals surface area contributed by atoms with Crippen LogP contribution in [0.15, 0.2) is 24.3 Å². The van der Waals surface area contributed by atoms with Gasteiger partial charge in [0.05, 0.1) is 0 Å². The number of nitrogen functional groups attached to an aromatic ring is 1. The highest BCUT2D eigenvalue weighted by atomic mass is 15.1. The second-order valence-corrected chi connectivity index (χ2v) is 5.30. The van der Waals surface area contributed by atoms with E-state index in [0.29, 0.717) is 0 Å². The fourth-order valence-electron chi connectivity index (χ4n) is 2.74. The van der Waals surface area contributed by atoms with E-state index in [1.54, 1.807) is 0 Å². The van der Waals surface area contributed by atoms with E-state index < -0.39 is 0 Å². The second kappa shape index (κ2) is 6.06. The van der Waals surface area contributed by atoms with Crippen LogP contribution >= 0.6 is 0 Å². The van der Waals surface area contributed by atoms with Crippen molar-refractivity contribution in [3.63, 3.8) is 0 Å². The summed E-state index contributed by atoms with van der Waals surface area (Å²) in [7, 11) is 2.26. The van der Waals surface area contributed by atoms with Gasteiger partial charge in [0.25, 0.3) is 0 Å². The van der Waals surface area contributed by atoms with Gasteiger partial charge in [-0.05, 0) is 37.6 Å². The van der Waals surface area contributed by atoms with E-state index in [0.717, 1.165) is 18.3 Å². The van der Waals surface area contributed by atoms with Crippen LogP contribution in [-0.2, 0) is 6.54 Å². The number of hydrogen-bond donors (Lipinski definition) is 1. The van der Waals surface area contributed by atoms with Gasteiger partial charge in [0.2, 0.25) is 0 Å². The number of hydrogen-bond acceptors (Lipinski definition) is 2. The summed E-state index contributed by atoms with van der Waals surface area (Å²) in [6.45, 7) is 1.05. The minimum atomic E-state index is 0.773. The van der Waals surface area contributed by atoms with Crippen molar-refractivity contribution in [2.75, 3.05) is 12.8 Å². The minimum Gasteiger partial charge on any atom is -0.399 e. The third-order valence-corrected chi connectivity index (χ3v) is 3.86. The van der Waals surface area contributed by atoms with Crippen LogP contribution in [0.25, 0.3) is 0 Å². The molecule has 0 spiro atoms. The van der Waals surface area contributed by atoms with Crippen molar-refractivity contribution in [3.8, 4) is 0 Å². The number of rotatable bonds is 3. The van der Waals surface area contributed by atoms with Gasteiger partial charge in [0, 0.05) is 18.3 Å². The highest BCUT2D eigenvalue weighted by Crippen LogP contribution is 2.22. The molecular formula is C15H24N2. The highest BCUT2D eigenvalue weighted by Gasteiger charge is 2.16. The molecule has 0 unspecified atom stereocenters. The molecule has 0 heterocycles. The molecule has 0 bridgehead atoms. The fourth-order valence-corrected chi connectivity index (χ4v) is 2.74. The molecule has 1 aliphatic rings. The fraction of sp³-hybridized carbons (Fsp3) is 0.600. The van der Waals surface area contributed by atoms with Crippen LogP contribution in [-0.4, -0.2) is 18.0 Å². The third kappa shape index (κ3) is 3.74. The van der Waals surface area contributed by atoms with Gasteiger partial charge in [-0.15, -0.1) is 0 Å². The van der Waals surface area contributed by atoms with Gasteiger partial charge in [-0.25, -0.2) is 0 Å². The quantitative estimate of drug-likeness (QED) is 0.639. The third-order valence-electron chi connectivity index (χ3n) is 3.86. The van der Waals surface area contributed by atoms with Gasteiger partial charge in [0.1, 0.15) is 0 Å². The summed E-state index contributed by atoms with van der Waals surface area (Å²) < 4.78 is 0. The van der Waals surface area contributed by atoms with E-state index in [2.05, 4.69) is 24.1 Å². The lowest BCUT2D eigenvalue weighted by Gasteiger charge is -2.27. The van der Waals surface area contributed by atoms with Crippen molar-refractivity contribution in [3.05, 3.63) is 29.8 Å². The molecule has 17 heavy (non-hydrogen) atoms. The Morgan fingerprint density at radius 3 is 2.24 bits per heavy atom. The van der Waals surface area contributed by atoms with E-state index in [4.69, 9.17) is 5.73 Å². The lowest BCUT2D eigenvalue weighted by Crippen LogP contribution is -2.30. The van der Waals surface area contributed by atoms with Crippen molar-refractivity contribution in [1.82, 2.24) is 4.90 Å². The van der Waals surface area contributed by atoms with Crippen LogP contribution in [0.5, 0.6) is 0 Å². The maximum absolute atomic E-state index is 5.71. The molecular weight excluding hydrogens is 208 g/mol. The number of benzene rings is 1. The molecule has 1 aromatic rings. The standard InChI is InChI=1S/C15H24N2/c1-17(15-6-4-2-3-5-7-15)12-13-8-10-14(16)11-9-13/h8-11,15H,2-7,12,16H2,1H3. The SMILES string of the molecule is CN(Cc1ccc(N)cc1)C1CCCCCC1. The van der Waals surface area contributed by atoms with Gasteiger partial charge in [-0.1, -0.05) is 37.8 Å². The normalized spacial score (nSPS) is 18.2. The Labute approximate surface area is 105 Å². The summed E-state index contributed by atoms with van der Waals surface area (Å²) in [5, 5.41) is 0. The Balaban J connectivity index is 1.90. The maximum atomic E-state index is 5.71. The molecule has 0 saturated heterocycles. The molecule has 1 aromatic carbocycles. The first-order valence-electron chi connectivity index (χ1n) is 6.80. The van der Waals surface area contributed by atoms with Crippen molar-refractivity contribution < 1.29 is 0 Å². The molecule has 2 N–H and O–H groups in total. The predicted molar refractivity (Wildman–Crippen MR) is 73.8 cm³/mol. The Morgan fingerprint density at radius 2 is 1.65 bits per heavy atom. The Kier molecular flexibility index (Phi) is 4.43. The van der Waals surface area contributed by atoms with Crippen LogP contribution in [0.4, 0.5) is 5.69 Å². The van der Waals surface area contributed by atoms with Crippen molar-refractivity contribution in [2.45, 2.75) is 51.1 Å². The van der Waals surface area contributed by atoms with E-state index in [-0.39, 0.29) is 0 Å². The molecule has 1 aliphatic carbocycles. The van der Waals surface area contributed by atoms with E-state index in [1.807, 2.05) is 12.1 Å². The minimum absolute atomic E-state index is 0.773. The first kappa shape index (κ1) is 12.4. The predicted octanol–water partition coefficient (Wildman–Crippen LogP) is 3.42. The smallest absolute Gasteiger partial charge is 0.0314 e. The summed E-state index contributed by atoms with van der Waals surface area (Å²) in [6.07, 6.45) is 8.38. The van der Waals surface area contributed by atoms with Crippen LogP contribution in [0, 0.1) is 0 Å². The lowest BCUT2D eigenvalue weighted by molar-refractivity contribution is 0.213.